The molecule has 0 spiro atoms. The molecule has 0 bridgehead atoms. The molecule has 5 aromatic rings. The van der Waals surface area contributed by atoms with E-state index in [0.717, 1.165) is 6.54 Å². The summed E-state index contributed by atoms with van der Waals surface area (Å²) in [7, 11) is -2.12. The Balaban J connectivity index is 1.54. The molecule has 0 radical (unpaired) electrons. The van der Waals surface area contributed by atoms with Gasteiger partial charge in [-0.1, -0.05) is 97.1 Å². The van der Waals surface area contributed by atoms with Gasteiger partial charge in [0.05, 0.1) is 12.2 Å². The van der Waals surface area contributed by atoms with Gasteiger partial charge in [-0.05, 0) is 65.7 Å². The van der Waals surface area contributed by atoms with Gasteiger partial charge in [-0.3, -0.25) is 10.0 Å². The molecule has 184 valence electrons. The molecule has 2 nitrogen and oxygen atoms in total. The Bertz CT molecular complexity index is 1450. The molecule has 2 aliphatic heterocycles. The molecule has 0 aromatic heterocycles. The summed E-state index contributed by atoms with van der Waals surface area (Å²) in [5, 5.41) is 9.31. The molecule has 3 heteroatoms. The topological polar surface area (TPSA) is 6.48 Å². The third-order valence-corrected chi connectivity index (χ3v) is 12.8. The Morgan fingerprint density at radius 2 is 1.00 bits per heavy atom. The highest BCUT2D eigenvalue weighted by Gasteiger charge is 2.61. The van der Waals surface area contributed by atoms with Crippen LogP contribution in [0.15, 0.2) is 152 Å². The van der Waals surface area contributed by atoms with Gasteiger partial charge in [0.15, 0.2) is 0 Å². The monoisotopic (exact) mass is 509 g/mol. The second kappa shape index (κ2) is 9.63. The molecule has 1 unspecified atom stereocenters. The zero-order valence-corrected chi connectivity index (χ0v) is 22.1. The minimum absolute atomic E-state index is 0.213. The van der Waals surface area contributed by atoms with Crippen molar-refractivity contribution in [3.8, 4) is 0 Å². The fraction of sp³-hybridized carbons (Fsp3) is 0.0857. The van der Waals surface area contributed by atoms with E-state index in [0.29, 0.717) is 5.66 Å². The molecule has 2 aliphatic rings. The maximum Gasteiger partial charge on any atom is 0.130 e. The maximum absolute atomic E-state index is 2.51. The van der Waals surface area contributed by atoms with Crippen molar-refractivity contribution in [1.82, 2.24) is 5.01 Å². The van der Waals surface area contributed by atoms with Crippen LogP contribution >= 0.6 is 7.26 Å². The number of rotatable bonds is 5. The summed E-state index contributed by atoms with van der Waals surface area (Å²) in [5.41, 5.74) is 4.30. The first-order valence-electron chi connectivity index (χ1n) is 13.3. The molecule has 0 saturated carbocycles. The second-order valence-electron chi connectivity index (χ2n) is 9.98. The SMILES string of the molecule is C1=CN2C(c3ccccc31)[C@H]([P+](c1ccccc1)(c1ccccc1)c1ccccc1)CN2c1ccccc1. The van der Waals surface area contributed by atoms with Gasteiger partial charge in [-0.15, -0.1) is 0 Å². The van der Waals surface area contributed by atoms with Crippen LogP contribution < -0.4 is 20.9 Å². The summed E-state index contributed by atoms with van der Waals surface area (Å²) in [4.78, 5) is 0. The van der Waals surface area contributed by atoms with Crippen molar-refractivity contribution in [2.24, 2.45) is 0 Å². The molecule has 2 heterocycles. The normalized spacial score (nSPS) is 18.2. The third-order valence-electron chi connectivity index (χ3n) is 8.05. The highest BCUT2D eigenvalue weighted by atomic mass is 31.2. The van der Waals surface area contributed by atoms with Gasteiger partial charge in [-0.25, -0.2) is 0 Å². The lowest BCUT2D eigenvalue weighted by atomic mass is 9.96. The largest absolute Gasteiger partial charge is 0.281 e. The number of hydrogen-bond donors (Lipinski definition) is 0. The summed E-state index contributed by atoms with van der Waals surface area (Å²) >= 11 is 0. The smallest absolute Gasteiger partial charge is 0.130 e. The fourth-order valence-electron chi connectivity index (χ4n) is 6.49. The lowest BCUT2D eigenvalue weighted by Gasteiger charge is -2.38. The van der Waals surface area contributed by atoms with Crippen LogP contribution in [0.1, 0.15) is 17.2 Å². The van der Waals surface area contributed by atoms with Crippen molar-refractivity contribution in [3.05, 3.63) is 163 Å². The maximum atomic E-state index is 2.51. The van der Waals surface area contributed by atoms with Crippen LogP contribution in [0.25, 0.3) is 6.08 Å². The molecule has 1 fully saturated rings. The summed E-state index contributed by atoms with van der Waals surface area (Å²) in [6, 6.07) is 54.0. The first-order valence-corrected chi connectivity index (χ1v) is 15.2. The number of anilines is 1. The Hall–Kier alpha value is -4.13. The molecule has 0 aliphatic carbocycles. The van der Waals surface area contributed by atoms with E-state index in [4.69, 9.17) is 0 Å². The van der Waals surface area contributed by atoms with Gasteiger partial charge in [0, 0.05) is 6.20 Å². The third kappa shape index (κ3) is 3.60. The van der Waals surface area contributed by atoms with Gasteiger partial charge in [-0.2, -0.15) is 0 Å². The van der Waals surface area contributed by atoms with Gasteiger partial charge in [0.2, 0.25) is 0 Å². The van der Waals surface area contributed by atoms with E-state index in [2.05, 4.69) is 168 Å². The van der Waals surface area contributed by atoms with Crippen LogP contribution in [0.5, 0.6) is 0 Å². The number of nitrogens with zero attached hydrogens (tertiary/aromatic N) is 2. The minimum Gasteiger partial charge on any atom is -0.281 e. The molecular weight excluding hydrogens is 479 g/mol. The Labute approximate surface area is 225 Å². The zero-order chi connectivity index (χ0) is 25.4. The number of para-hydroxylation sites is 1. The second-order valence-corrected chi connectivity index (χ2v) is 13.6. The summed E-state index contributed by atoms with van der Waals surface area (Å²) in [6.07, 6.45) is 4.58. The van der Waals surface area contributed by atoms with Crippen molar-refractivity contribution >= 4 is 34.9 Å². The van der Waals surface area contributed by atoms with Gasteiger partial charge in [0.25, 0.3) is 0 Å². The zero-order valence-electron chi connectivity index (χ0n) is 21.2. The minimum atomic E-state index is -2.12. The van der Waals surface area contributed by atoms with E-state index in [-0.39, 0.29) is 6.04 Å². The van der Waals surface area contributed by atoms with Crippen LogP contribution in [0.2, 0.25) is 0 Å². The number of hydrogen-bond acceptors (Lipinski definition) is 2. The van der Waals surface area contributed by atoms with Crippen molar-refractivity contribution in [1.29, 1.82) is 0 Å². The predicted octanol–water partition coefficient (Wildman–Crippen LogP) is 6.81. The first kappa shape index (κ1) is 23.0. The fourth-order valence-corrected chi connectivity index (χ4v) is 11.6. The average Bonchev–Trinajstić information content (AvgIpc) is 3.40. The van der Waals surface area contributed by atoms with E-state index >= 15 is 0 Å². The van der Waals surface area contributed by atoms with E-state index in [1.807, 2.05) is 0 Å². The number of hydrazine groups is 1. The van der Waals surface area contributed by atoms with Crippen LogP contribution in [0.3, 0.4) is 0 Å². The highest BCUT2D eigenvalue weighted by molar-refractivity contribution is 7.96. The molecular formula is C35H30N2P+. The van der Waals surface area contributed by atoms with Crippen LogP contribution in [0, 0.1) is 0 Å². The lowest BCUT2D eigenvalue weighted by molar-refractivity contribution is 0.331. The van der Waals surface area contributed by atoms with Gasteiger partial charge < -0.3 is 0 Å². The summed E-state index contributed by atoms with van der Waals surface area (Å²) in [6.45, 7) is 0.930. The van der Waals surface area contributed by atoms with Crippen LogP contribution in [-0.2, 0) is 0 Å². The Kier molecular flexibility index (Phi) is 5.84. The summed E-state index contributed by atoms with van der Waals surface area (Å²) in [5.74, 6) is 0. The van der Waals surface area contributed by atoms with Gasteiger partial charge >= 0.3 is 0 Å². The number of benzene rings is 5. The molecule has 2 atom stereocenters. The van der Waals surface area contributed by atoms with E-state index < -0.39 is 7.26 Å². The molecule has 5 aromatic carbocycles. The molecule has 0 N–H and O–H groups in total. The van der Waals surface area contributed by atoms with Crippen LogP contribution in [-0.4, -0.2) is 17.2 Å². The highest BCUT2D eigenvalue weighted by Crippen LogP contribution is 2.66. The van der Waals surface area contributed by atoms with Crippen molar-refractivity contribution < 1.29 is 0 Å². The Morgan fingerprint density at radius 1 is 0.526 bits per heavy atom. The van der Waals surface area contributed by atoms with Crippen LogP contribution in [0.4, 0.5) is 5.69 Å². The standard InChI is InChI=1S/C35H30N2P/c1-5-16-29(17-6-1)37-27-34(35-33-24-14-13-15-28(33)25-26-36(35)37)38(30-18-7-2-8-19-30,31-20-9-3-10-21-31)32-22-11-4-12-23-32/h1-26,34-35H,27H2/q+1/t34-,35?/m1/s1. The molecule has 1 saturated heterocycles. The van der Waals surface area contributed by atoms with Gasteiger partial charge in [0.1, 0.15) is 34.9 Å². The lowest BCUT2D eigenvalue weighted by Crippen LogP contribution is -2.42. The van der Waals surface area contributed by atoms with E-state index in [1.54, 1.807) is 0 Å². The predicted molar refractivity (Wildman–Crippen MR) is 163 cm³/mol. The molecule has 7 rings (SSSR count). The van der Waals surface area contributed by atoms with Crippen molar-refractivity contribution in [2.45, 2.75) is 11.7 Å². The van der Waals surface area contributed by atoms with Crippen molar-refractivity contribution in [2.75, 3.05) is 11.6 Å². The van der Waals surface area contributed by atoms with E-state index in [9.17, 15) is 0 Å². The molecule has 0 amide bonds. The van der Waals surface area contributed by atoms with Crippen molar-refractivity contribution in [3.63, 3.8) is 0 Å². The number of fused-ring (bicyclic) bond motifs is 3. The van der Waals surface area contributed by atoms with E-state index in [1.165, 1.54) is 32.7 Å². The first-order chi connectivity index (χ1) is 18.9. The molecule has 38 heavy (non-hydrogen) atoms. The Morgan fingerprint density at radius 3 is 1.55 bits per heavy atom. The average molecular weight is 510 g/mol. The quantitative estimate of drug-likeness (QED) is 0.240. The summed E-state index contributed by atoms with van der Waals surface area (Å²) < 4.78 is 0.